The molecule has 5 nitrogen and oxygen atoms in total. The Balaban J connectivity index is 2.09. The van der Waals surface area contributed by atoms with Crippen molar-refractivity contribution in [3.63, 3.8) is 0 Å². The Morgan fingerprint density at radius 1 is 1.29 bits per heavy atom. The lowest BCUT2D eigenvalue weighted by atomic mass is 10.2. The molecule has 0 saturated carbocycles. The van der Waals surface area contributed by atoms with Gasteiger partial charge in [-0.25, -0.2) is 15.8 Å². The summed E-state index contributed by atoms with van der Waals surface area (Å²) in [5.41, 5.74) is 3.56. The Hall–Kier alpha value is -1.37. The lowest BCUT2D eigenvalue weighted by Gasteiger charge is -2.14. The summed E-state index contributed by atoms with van der Waals surface area (Å²) in [7, 11) is 0. The molecule has 0 aliphatic rings. The molecule has 0 saturated heterocycles. The maximum atomic E-state index is 5.93. The van der Waals surface area contributed by atoms with Gasteiger partial charge in [-0.3, -0.25) is 0 Å². The molecule has 0 aromatic carbocycles. The monoisotopic (exact) mass is 325 g/mol. The number of hydrogen-bond donors (Lipinski definition) is 3. The van der Waals surface area contributed by atoms with Crippen LogP contribution in [0.3, 0.4) is 0 Å². The third-order valence-corrected chi connectivity index (χ3v) is 4.40. The number of nitrogens with two attached hydrogens (primary N) is 1. The molecule has 0 radical (unpaired) electrons. The van der Waals surface area contributed by atoms with Gasteiger partial charge in [-0.2, -0.15) is 0 Å². The minimum absolute atomic E-state index is 0.245. The number of rotatable bonds is 6. The van der Waals surface area contributed by atoms with Gasteiger partial charge in [0.15, 0.2) is 0 Å². The Labute approximate surface area is 133 Å². The van der Waals surface area contributed by atoms with Gasteiger partial charge in [0, 0.05) is 22.9 Å². The van der Waals surface area contributed by atoms with E-state index in [1.807, 2.05) is 19.1 Å². The molecule has 0 unspecified atom stereocenters. The van der Waals surface area contributed by atoms with Crippen LogP contribution in [-0.4, -0.2) is 16.5 Å². The zero-order valence-electron chi connectivity index (χ0n) is 12.4. The van der Waals surface area contributed by atoms with E-state index < -0.39 is 0 Å². The highest BCUT2D eigenvalue weighted by Crippen LogP contribution is 2.24. The van der Waals surface area contributed by atoms with Crippen LogP contribution in [0, 0.1) is 6.92 Å². The van der Waals surface area contributed by atoms with E-state index in [0.717, 1.165) is 34.5 Å². The molecule has 7 heteroatoms. The number of thiophene rings is 1. The molecule has 2 aromatic rings. The molecule has 2 rings (SSSR count). The van der Waals surface area contributed by atoms with Gasteiger partial charge in [-0.05, 0) is 25.5 Å². The van der Waals surface area contributed by atoms with Crippen molar-refractivity contribution in [2.75, 3.05) is 17.3 Å². The number of nitrogen functional groups attached to an aromatic ring is 1. The van der Waals surface area contributed by atoms with Gasteiger partial charge in [0.1, 0.15) is 17.5 Å². The fourth-order valence-electron chi connectivity index (χ4n) is 1.90. The van der Waals surface area contributed by atoms with E-state index in [-0.39, 0.29) is 5.92 Å². The zero-order chi connectivity index (χ0) is 15.4. The lowest BCUT2D eigenvalue weighted by molar-refractivity contribution is 0.772. The van der Waals surface area contributed by atoms with Crippen LogP contribution in [-0.2, 0) is 6.42 Å². The molecule has 4 N–H and O–H groups in total. The molecule has 0 aliphatic heterocycles. The average molecular weight is 326 g/mol. The molecule has 21 heavy (non-hydrogen) atoms. The first-order valence-electron chi connectivity index (χ1n) is 6.84. The van der Waals surface area contributed by atoms with Crippen LogP contribution in [0.15, 0.2) is 12.1 Å². The van der Waals surface area contributed by atoms with Crippen molar-refractivity contribution in [1.29, 1.82) is 0 Å². The van der Waals surface area contributed by atoms with E-state index in [1.54, 1.807) is 11.3 Å². The topological polar surface area (TPSA) is 75.9 Å². The highest BCUT2D eigenvalue weighted by atomic mass is 35.5. The second kappa shape index (κ2) is 7.06. The first kappa shape index (κ1) is 16.0. The predicted molar refractivity (Wildman–Crippen MR) is 90.2 cm³/mol. The molecule has 0 atom stereocenters. The number of anilines is 2. The average Bonchev–Trinajstić information content (AvgIpc) is 2.86. The molecule has 114 valence electrons. The maximum absolute atomic E-state index is 5.93. The van der Waals surface area contributed by atoms with E-state index in [4.69, 9.17) is 17.4 Å². The molecule has 0 bridgehead atoms. The van der Waals surface area contributed by atoms with Crippen LogP contribution in [0.1, 0.15) is 36.0 Å². The van der Waals surface area contributed by atoms with Gasteiger partial charge in [-0.1, -0.05) is 25.4 Å². The van der Waals surface area contributed by atoms with E-state index in [2.05, 4.69) is 34.6 Å². The summed E-state index contributed by atoms with van der Waals surface area (Å²) in [6.45, 7) is 6.85. The molecule has 0 aliphatic carbocycles. The fraction of sp³-hybridized carbons (Fsp3) is 0.429. The van der Waals surface area contributed by atoms with Crippen LogP contribution >= 0.6 is 22.9 Å². The van der Waals surface area contributed by atoms with Crippen LogP contribution in [0.2, 0.25) is 4.34 Å². The number of aromatic nitrogens is 2. The molecular weight excluding hydrogens is 306 g/mol. The van der Waals surface area contributed by atoms with Crippen molar-refractivity contribution in [2.24, 2.45) is 5.84 Å². The Bertz CT molecular complexity index is 611. The van der Waals surface area contributed by atoms with E-state index in [0.29, 0.717) is 5.82 Å². The van der Waals surface area contributed by atoms with Crippen molar-refractivity contribution in [2.45, 2.75) is 33.1 Å². The molecular formula is C14H20ClN5S. The maximum Gasteiger partial charge on any atom is 0.148 e. The molecule has 2 aromatic heterocycles. The second-order valence-corrected chi connectivity index (χ2v) is 6.89. The summed E-state index contributed by atoms with van der Waals surface area (Å²) >= 11 is 7.54. The first-order chi connectivity index (χ1) is 10.0. The quantitative estimate of drug-likeness (QED) is 0.559. The van der Waals surface area contributed by atoms with E-state index in [9.17, 15) is 0 Å². The molecule has 0 spiro atoms. The Kier molecular flexibility index (Phi) is 5.39. The highest BCUT2D eigenvalue weighted by molar-refractivity contribution is 7.16. The van der Waals surface area contributed by atoms with Gasteiger partial charge >= 0.3 is 0 Å². The first-order valence-corrected chi connectivity index (χ1v) is 8.04. The van der Waals surface area contributed by atoms with Gasteiger partial charge in [0.05, 0.1) is 4.34 Å². The second-order valence-electron chi connectivity index (χ2n) is 5.09. The summed E-state index contributed by atoms with van der Waals surface area (Å²) in [6.07, 6.45) is 0.906. The molecule has 2 heterocycles. The zero-order valence-corrected chi connectivity index (χ0v) is 14.0. The van der Waals surface area contributed by atoms with Crippen molar-refractivity contribution >= 4 is 34.6 Å². The van der Waals surface area contributed by atoms with Crippen molar-refractivity contribution in [1.82, 2.24) is 9.97 Å². The summed E-state index contributed by atoms with van der Waals surface area (Å²) in [5, 5.41) is 3.36. The summed E-state index contributed by atoms with van der Waals surface area (Å²) in [5.74, 6) is 8.03. The number of halogens is 1. The summed E-state index contributed by atoms with van der Waals surface area (Å²) in [4.78, 5) is 10.2. The number of hydrazine groups is 1. The van der Waals surface area contributed by atoms with Crippen LogP contribution in [0.5, 0.6) is 0 Å². The third-order valence-electron chi connectivity index (χ3n) is 3.11. The minimum Gasteiger partial charge on any atom is -0.369 e. The van der Waals surface area contributed by atoms with Gasteiger partial charge in [0.2, 0.25) is 0 Å². The highest BCUT2D eigenvalue weighted by Gasteiger charge is 2.12. The van der Waals surface area contributed by atoms with E-state index in [1.165, 1.54) is 4.88 Å². The Morgan fingerprint density at radius 3 is 2.57 bits per heavy atom. The number of nitrogens with zero attached hydrogens (tertiary/aromatic N) is 2. The third kappa shape index (κ3) is 4.06. The van der Waals surface area contributed by atoms with E-state index >= 15 is 0 Å². The summed E-state index contributed by atoms with van der Waals surface area (Å²) < 4.78 is 0.819. The van der Waals surface area contributed by atoms with Crippen LogP contribution < -0.4 is 16.6 Å². The smallest absolute Gasteiger partial charge is 0.148 e. The molecule has 0 fully saturated rings. The van der Waals surface area contributed by atoms with Crippen molar-refractivity contribution < 1.29 is 0 Å². The normalized spacial score (nSPS) is 11.0. The van der Waals surface area contributed by atoms with Crippen LogP contribution in [0.4, 0.5) is 11.6 Å². The largest absolute Gasteiger partial charge is 0.369 e. The Morgan fingerprint density at radius 2 is 2.00 bits per heavy atom. The lowest BCUT2D eigenvalue weighted by Crippen LogP contribution is -2.16. The van der Waals surface area contributed by atoms with Crippen molar-refractivity contribution in [3.8, 4) is 0 Å². The molecule has 0 amide bonds. The SMILES string of the molecule is Cc1c(NN)nc(C(C)C)nc1NCCc1ccc(Cl)s1. The minimum atomic E-state index is 0.245. The summed E-state index contributed by atoms with van der Waals surface area (Å²) in [6, 6.07) is 3.97. The fourth-order valence-corrected chi connectivity index (χ4v) is 2.98. The van der Waals surface area contributed by atoms with Crippen molar-refractivity contribution in [3.05, 3.63) is 32.7 Å². The predicted octanol–water partition coefficient (Wildman–Crippen LogP) is 3.56. The van der Waals surface area contributed by atoms with Gasteiger partial charge < -0.3 is 10.7 Å². The van der Waals surface area contributed by atoms with Crippen LogP contribution in [0.25, 0.3) is 0 Å². The number of hydrogen-bond acceptors (Lipinski definition) is 6. The number of nitrogens with one attached hydrogen (secondary N) is 2. The van der Waals surface area contributed by atoms with Gasteiger partial charge in [-0.15, -0.1) is 11.3 Å². The van der Waals surface area contributed by atoms with Gasteiger partial charge in [0.25, 0.3) is 0 Å². The standard InChI is InChI=1S/C14H20ClN5S/c1-8(2)12-18-13(9(3)14(19-12)20-16)17-7-6-10-4-5-11(15)21-10/h4-5,8H,6-7,16H2,1-3H3,(H2,17,18,19,20).